The van der Waals surface area contributed by atoms with Gasteiger partial charge in [0.25, 0.3) is 5.91 Å². The van der Waals surface area contributed by atoms with Crippen molar-refractivity contribution in [1.82, 2.24) is 5.32 Å². The number of rotatable bonds is 6. The predicted octanol–water partition coefficient (Wildman–Crippen LogP) is 4.71. The first kappa shape index (κ1) is 21.8. The summed E-state index contributed by atoms with van der Waals surface area (Å²) in [5, 5.41) is 8.52. The first-order chi connectivity index (χ1) is 13.3. The molecule has 0 aliphatic carbocycles. The zero-order valence-corrected chi connectivity index (χ0v) is 18.2. The minimum atomic E-state index is -0.374. The fourth-order valence-electron chi connectivity index (χ4n) is 2.26. The number of carbonyl (C=O) groups excluding carboxylic acids is 2. The Bertz CT molecular complexity index is 869. The van der Waals surface area contributed by atoms with Crippen molar-refractivity contribution in [3.05, 3.63) is 52.5 Å². The largest absolute Gasteiger partial charge is 0.490 e. The van der Waals surface area contributed by atoms with Crippen LogP contribution in [0.15, 0.2) is 46.9 Å². The second-order valence-corrected chi connectivity index (χ2v) is 7.52. The highest BCUT2D eigenvalue weighted by atomic mass is 79.9. The van der Waals surface area contributed by atoms with Crippen molar-refractivity contribution in [2.75, 3.05) is 10.6 Å². The third-order valence-corrected chi connectivity index (χ3v) is 4.22. The van der Waals surface area contributed by atoms with Crippen molar-refractivity contribution in [1.29, 1.82) is 0 Å². The van der Waals surface area contributed by atoms with E-state index in [0.717, 1.165) is 4.47 Å². The molecule has 6 nitrogen and oxygen atoms in total. The van der Waals surface area contributed by atoms with Gasteiger partial charge in [0.05, 0.1) is 11.7 Å². The zero-order valence-electron chi connectivity index (χ0n) is 15.8. The van der Waals surface area contributed by atoms with Gasteiger partial charge < -0.3 is 15.4 Å². The summed E-state index contributed by atoms with van der Waals surface area (Å²) in [6, 6.07) is 12.3. The van der Waals surface area contributed by atoms with Gasteiger partial charge in [0, 0.05) is 22.3 Å². The average Bonchev–Trinajstić information content (AvgIpc) is 2.64. The van der Waals surface area contributed by atoms with Crippen molar-refractivity contribution in [2.45, 2.75) is 33.3 Å². The summed E-state index contributed by atoms with van der Waals surface area (Å²) in [4.78, 5) is 24.0. The molecule has 0 aliphatic rings. The molecule has 148 valence electrons. The van der Waals surface area contributed by atoms with Crippen LogP contribution in [0.2, 0.25) is 0 Å². The summed E-state index contributed by atoms with van der Waals surface area (Å²) >= 11 is 8.60. The highest BCUT2D eigenvalue weighted by Crippen LogP contribution is 2.24. The molecule has 28 heavy (non-hydrogen) atoms. The van der Waals surface area contributed by atoms with E-state index >= 15 is 0 Å². The van der Waals surface area contributed by atoms with Gasteiger partial charge in [0.2, 0.25) is 5.91 Å². The molecule has 2 aromatic rings. The molecule has 2 amide bonds. The molecule has 0 bridgehead atoms. The molecular formula is C20H22BrN3O3S. The Hall–Kier alpha value is -2.45. The van der Waals surface area contributed by atoms with Crippen LogP contribution in [0.5, 0.6) is 5.75 Å². The Morgan fingerprint density at radius 1 is 1.07 bits per heavy atom. The van der Waals surface area contributed by atoms with Crippen molar-refractivity contribution in [3.8, 4) is 5.75 Å². The number of anilines is 2. The molecule has 2 aromatic carbocycles. The second-order valence-electron chi connectivity index (χ2n) is 6.19. The van der Waals surface area contributed by atoms with Crippen molar-refractivity contribution in [2.24, 2.45) is 0 Å². The molecule has 0 unspecified atom stereocenters. The third-order valence-electron chi connectivity index (χ3n) is 3.52. The highest BCUT2D eigenvalue weighted by Gasteiger charge is 2.16. The van der Waals surface area contributed by atoms with E-state index in [0.29, 0.717) is 29.1 Å². The molecule has 0 heterocycles. The van der Waals surface area contributed by atoms with E-state index in [1.165, 1.54) is 0 Å². The van der Waals surface area contributed by atoms with Gasteiger partial charge in [-0.15, -0.1) is 0 Å². The van der Waals surface area contributed by atoms with Gasteiger partial charge in [-0.1, -0.05) is 22.9 Å². The topological polar surface area (TPSA) is 79.5 Å². The summed E-state index contributed by atoms with van der Waals surface area (Å²) < 4.78 is 6.46. The fraction of sp³-hybridized carbons (Fsp3) is 0.250. The molecule has 0 radical (unpaired) electrons. The first-order valence-electron chi connectivity index (χ1n) is 8.77. The molecule has 0 fully saturated rings. The van der Waals surface area contributed by atoms with Gasteiger partial charge in [0.1, 0.15) is 5.75 Å². The molecule has 0 aromatic heterocycles. The minimum Gasteiger partial charge on any atom is -0.490 e. The predicted molar refractivity (Wildman–Crippen MR) is 119 cm³/mol. The van der Waals surface area contributed by atoms with Gasteiger partial charge in [0.15, 0.2) is 5.11 Å². The number of thiocarbonyl (C=S) groups is 1. The summed E-state index contributed by atoms with van der Waals surface area (Å²) in [6.45, 7) is 5.57. The van der Waals surface area contributed by atoms with Crippen molar-refractivity contribution in [3.63, 3.8) is 0 Å². The van der Waals surface area contributed by atoms with Crippen LogP contribution >= 0.6 is 28.1 Å². The van der Waals surface area contributed by atoms with Gasteiger partial charge in [-0.25, -0.2) is 0 Å². The molecule has 3 N–H and O–H groups in total. The quantitative estimate of drug-likeness (QED) is 0.540. The second kappa shape index (κ2) is 10.2. The standard InChI is InChI=1S/C20H22BrN3O3S/c1-4-18(25)22-14-6-8-15(9-7-14)23-20(28)24-19(26)16-11-13(21)5-10-17(16)27-12(2)3/h5-12H,4H2,1-3H3,(H,22,25)(H2,23,24,26,28). The van der Waals surface area contributed by atoms with Crippen LogP contribution in [0, 0.1) is 0 Å². The lowest BCUT2D eigenvalue weighted by Crippen LogP contribution is -2.34. The van der Waals surface area contributed by atoms with E-state index in [1.54, 1.807) is 43.3 Å². The molecule has 2 rings (SSSR count). The summed E-state index contributed by atoms with van der Waals surface area (Å²) in [5.74, 6) is 0.0488. The van der Waals surface area contributed by atoms with Crippen LogP contribution < -0.4 is 20.7 Å². The summed E-state index contributed by atoms with van der Waals surface area (Å²) in [7, 11) is 0. The maximum atomic E-state index is 12.6. The SMILES string of the molecule is CCC(=O)Nc1ccc(NC(=S)NC(=O)c2cc(Br)ccc2OC(C)C)cc1. The fourth-order valence-corrected chi connectivity index (χ4v) is 2.83. The van der Waals surface area contributed by atoms with Crippen LogP contribution in [0.3, 0.4) is 0 Å². The van der Waals surface area contributed by atoms with E-state index in [2.05, 4.69) is 31.9 Å². The Morgan fingerprint density at radius 2 is 1.68 bits per heavy atom. The molecule has 0 aliphatic heterocycles. The highest BCUT2D eigenvalue weighted by molar-refractivity contribution is 9.10. The van der Waals surface area contributed by atoms with Crippen molar-refractivity contribution >= 4 is 56.4 Å². The Kier molecular flexibility index (Phi) is 7.95. The molecule has 0 spiro atoms. The average molecular weight is 464 g/mol. The number of nitrogens with one attached hydrogen (secondary N) is 3. The van der Waals surface area contributed by atoms with Gasteiger partial charge in [-0.2, -0.15) is 0 Å². The molecule has 8 heteroatoms. The Labute approximate surface area is 178 Å². The maximum Gasteiger partial charge on any atom is 0.261 e. The number of amides is 2. The van der Waals surface area contributed by atoms with Gasteiger partial charge in [-0.05, 0) is 68.5 Å². The number of hydrogen-bond acceptors (Lipinski definition) is 4. The van der Waals surface area contributed by atoms with E-state index in [1.807, 2.05) is 19.9 Å². The van der Waals surface area contributed by atoms with Gasteiger partial charge >= 0.3 is 0 Å². The number of hydrogen-bond donors (Lipinski definition) is 3. The third kappa shape index (κ3) is 6.61. The maximum absolute atomic E-state index is 12.6. The smallest absolute Gasteiger partial charge is 0.261 e. The van der Waals surface area contributed by atoms with Crippen LogP contribution in [0.4, 0.5) is 11.4 Å². The first-order valence-corrected chi connectivity index (χ1v) is 9.97. The Morgan fingerprint density at radius 3 is 2.25 bits per heavy atom. The molecule has 0 saturated heterocycles. The Balaban J connectivity index is 2.02. The number of carbonyl (C=O) groups is 2. The van der Waals surface area contributed by atoms with Crippen molar-refractivity contribution < 1.29 is 14.3 Å². The van der Waals surface area contributed by atoms with E-state index in [9.17, 15) is 9.59 Å². The number of benzene rings is 2. The lowest BCUT2D eigenvalue weighted by molar-refractivity contribution is -0.115. The van der Waals surface area contributed by atoms with E-state index in [-0.39, 0.29) is 23.0 Å². The lowest BCUT2D eigenvalue weighted by Gasteiger charge is -2.15. The zero-order chi connectivity index (χ0) is 20.7. The number of halogens is 1. The van der Waals surface area contributed by atoms with Crippen LogP contribution in [-0.2, 0) is 4.79 Å². The van der Waals surface area contributed by atoms with Gasteiger partial charge in [-0.3, -0.25) is 14.9 Å². The van der Waals surface area contributed by atoms with Crippen LogP contribution in [0.1, 0.15) is 37.6 Å². The summed E-state index contributed by atoms with van der Waals surface area (Å²) in [5.41, 5.74) is 1.76. The monoisotopic (exact) mass is 463 g/mol. The van der Waals surface area contributed by atoms with Crippen LogP contribution in [0.25, 0.3) is 0 Å². The summed E-state index contributed by atoms with van der Waals surface area (Å²) in [6.07, 6.45) is 0.346. The minimum absolute atomic E-state index is 0.0584. The number of ether oxygens (including phenoxy) is 1. The molecule has 0 saturated carbocycles. The normalized spacial score (nSPS) is 10.3. The molecule has 0 atom stereocenters. The molecular weight excluding hydrogens is 442 g/mol. The van der Waals surface area contributed by atoms with Crippen LogP contribution in [-0.4, -0.2) is 23.0 Å². The van der Waals surface area contributed by atoms with E-state index in [4.69, 9.17) is 17.0 Å². The lowest BCUT2D eigenvalue weighted by atomic mass is 10.2. The van der Waals surface area contributed by atoms with E-state index < -0.39 is 0 Å².